The molecular formula is C10H9BrClF2NO. The lowest BCUT2D eigenvalue weighted by molar-refractivity contribution is 0.0939. The van der Waals surface area contributed by atoms with Crippen molar-refractivity contribution in [3.05, 3.63) is 34.4 Å². The first kappa shape index (κ1) is 13.4. The topological polar surface area (TPSA) is 29.1 Å². The molecule has 1 atom stereocenters. The Morgan fingerprint density at radius 1 is 1.50 bits per heavy atom. The third kappa shape index (κ3) is 3.15. The molecule has 0 aliphatic heterocycles. The Morgan fingerprint density at radius 3 is 2.69 bits per heavy atom. The van der Waals surface area contributed by atoms with E-state index in [-0.39, 0.29) is 16.6 Å². The van der Waals surface area contributed by atoms with Crippen LogP contribution >= 0.6 is 27.5 Å². The van der Waals surface area contributed by atoms with Crippen molar-refractivity contribution in [2.45, 2.75) is 13.0 Å². The smallest absolute Gasteiger partial charge is 0.254 e. The van der Waals surface area contributed by atoms with Gasteiger partial charge in [0.1, 0.15) is 11.6 Å². The number of alkyl halides is 1. The molecule has 0 heterocycles. The fourth-order valence-corrected chi connectivity index (χ4v) is 1.35. The second-order valence-corrected chi connectivity index (χ2v) is 4.33. The standard InChI is InChI=1S/C10H9BrClF2NO/c1-5(4-11)15-10(16)6-2-9(14)7(12)3-8(6)13/h2-3,5H,4H2,1H3,(H,15,16). The molecule has 6 heteroatoms. The second-order valence-electron chi connectivity index (χ2n) is 3.27. The number of amides is 1. The fourth-order valence-electron chi connectivity index (χ4n) is 1.04. The van der Waals surface area contributed by atoms with Crippen LogP contribution in [0.15, 0.2) is 12.1 Å². The summed E-state index contributed by atoms with van der Waals surface area (Å²) in [6.07, 6.45) is 0. The molecule has 0 bridgehead atoms. The Morgan fingerprint density at radius 2 is 2.12 bits per heavy atom. The van der Waals surface area contributed by atoms with Gasteiger partial charge in [0.2, 0.25) is 0 Å². The van der Waals surface area contributed by atoms with Crippen LogP contribution in [0.1, 0.15) is 17.3 Å². The van der Waals surface area contributed by atoms with Crippen LogP contribution < -0.4 is 5.32 Å². The van der Waals surface area contributed by atoms with Crippen molar-refractivity contribution in [1.29, 1.82) is 0 Å². The average Bonchev–Trinajstić information content (AvgIpc) is 2.23. The number of hydrogen-bond acceptors (Lipinski definition) is 1. The maximum Gasteiger partial charge on any atom is 0.254 e. The normalized spacial score (nSPS) is 12.3. The highest BCUT2D eigenvalue weighted by Crippen LogP contribution is 2.19. The first-order valence-corrected chi connectivity index (χ1v) is 5.97. The van der Waals surface area contributed by atoms with E-state index < -0.39 is 17.5 Å². The van der Waals surface area contributed by atoms with Gasteiger partial charge >= 0.3 is 0 Å². The molecule has 0 spiro atoms. The first-order chi connectivity index (χ1) is 7.45. The van der Waals surface area contributed by atoms with E-state index in [1.165, 1.54) is 0 Å². The summed E-state index contributed by atoms with van der Waals surface area (Å²) in [5, 5.41) is 2.68. The molecule has 2 nitrogen and oxygen atoms in total. The number of carbonyl (C=O) groups excluding carboxylic acids is 1. The van der Waals surface area contributed by atoms with E-state index in [9.17, 15) is 13.6 Å². The molecule has 16 heavy (non-hydrogen) atoms. The molecule has 1 aromatic rings. The summed E-state index contributed by atoms with van der Waals surface area (Å²) >= 11 is 8.53. The van der Waals surface area contributed by atoms with Crippen LogP contribution in [0.25, 0.3) is 0 Å². The number of halogens is 4. The van der Waals surface area contributed by atoms with Crippen LogP contribution in [0.3, 0.4) is 0 Å². The zero-order valence-electron chi connectivity index (χ0n) is 8.36. The van der Waals surface area contributed by atoms with E-state index in [2.05, 4.69) is 21.2 Å². The highest BCUT2D eigenvalue weighted by Gasteiger charge is 2.16. The lowest BCUT2D eigenvalue weighted by atomic mass is 10.2. The Balaban J connectivity index is 2.96. The molecule has 0 fully saturated rings. The highest BCUT2D eigenvalue weighted by molar-refractivity contribution is 9.09. The summed E-state index contributed by atoms with van der Waals surface area (Å²) in [6, 6.07) is 1.39. The molecule has 0 saturated heterocycles. The van der Waals surface area contributed by atoms with Gasteiger partial charge in [0.25, 0.3) is 5.91 Å². The van der Waals surface area contributed by atoms with Gasteiger partial charge in [-0.3, -0.25) is 4.79 Å². The highest BCUT2D eigenvalue weighted by atomic mass is 79.9. The van der Waals surface area contributed by atoms with E-state index in [4.69, 9.17) is 11.6 Å². The van der Waals surface area contributed by atoms with Crippen molar-refractivity contribution in [2.24, 2.45) is 0 Å². The van der Waals surface area contributed by atoms with E-state index in [1.54, 1.807) is 6.92 Å². The summed E-state index contributed by atoms with van der Waals surface area (Å²) in [4.78, 5) is 11.5. The Kier molecular flexibility index (Phi) is 4.68. The second kappa shape index (κ2) is 5.59. The molecule has 0 aliphatic rings. The molecule has 1 aromatic carbocycles. The minimum absolute atomic E-state index is 0.175. The summed E-state index contributed by atoms with van der Waals surface area (Å²) in [5.41, 5.74) is -0.352. The molecule has 0 saturated carbocycles. The predicted octanol–water partition coefficient (Wildman–Crippen LogP) is 3.13. The van der Waals surface area contributed by atoms with Gasteiger partial charge < -0.3 is 5.32 Å². The Bertz CT molecular complexity index is 414. The van der Waals surface area contributed by atoms with Crippen LogP contribution in [-0.2, 0) is 0 Å². The Labute approximate surface area is 105 Å². The molecule has 1 N–H and O–H groups in total. The number of nitrogens with one attached hydrogen (secondary N) is 1. The number of carbonyl (C=O) groups is 1. The summed E-state index contributed by atoms with van der Waals surface area (Å²) < 4.78 is 26.4. The van der Waals surface area contributed by atoms with Crippen molar-refractivity contribution in [1.82, 2.24) is 5.32 Å². The fraction of sp³-hybridized carbons (Fsp3) is 0.300. The summed E-state index contributed by atoms with van der Waals surface area (Å²) in [7, 11) is 0. The van der Waals surface area contributed by atoms with Crippen molar-refractivity contribution in [3.63, 3.8) is 0 Å². The number of hydrogen-bond donors (Lipinski definition) is 1. The van der Waals surface area contributed by atoms with Gasteiger partial charge in [-0.05, 0) is 19.1 Å². The van der Waals surface area contributed by atoms with E-state index >= 15 is 0 Å². The van der Waals surface area contributed by atoms with Gasteiger partial charge in [-0.15, -0.1) is 0 Å². The van der Waals surface area contributed by atoms with Gasteiger partial charge in [0, 0.05) is 11.4 Å². The van der Waals surface area contributed by atoms with Crippen molar-refractivity contribution in [3.8, 4) is 0 Å². The maximum atomic E-state index is 13.3. The van der Waals surface area contributed by atoms with Gasteiger partial charge in [-0.25, -0.2) is 8.78 Å². The first-order valence-electron chi connectivity index (χ1n) is 4.47. The molecule has 0 aliphatic carbocycles. The van der Waals surface area contributed by atoms with Gasteiger partial charge in [0.15, 0.2) is 0 Å². The van der Waals surface area contributed by atoms with Crippen LogP contribution in [0.5, 0.6) is 0 Å². The van der Waals surface area contributed by atoms with Crippen molar-refractivity contribution in [2.75, 3.05) is 5.33 Å². The van der Waals surface area contributed by atoms with Crippen LogP contribution in [0.4, 0.5) is 8.78 Å². The van der Waals surface area contributed by atoms with Crippen LogP contribution in [0.2, 0.25) is 5.02 Å². The molecule has 0 radical (unpaired) electrons. The minimum atomic E-state index is -0.842. The lowest BCUT2D eigenvalue weighted by Crippen LogP contribution is -2.34. The summed E-state index contributed by atoms with van der Waals surface area (Å²) in [5.74, 6) is -2.33. The summed E-state index contributed by atoms with van der Waals surface area (Å²) in [6.45, 7) is 1.73. The lowest BCUT2D eigenvalue weighted by Gasteiger charge is -2.11. The molecule has 1 amide bonds. The van der Waals surface area contributed by atoms with E-state index in [0.29, 0.717) is 5.33 Å². The Hall–Kier alpha value is -0.680. The maximum absolute atomic E-state index is 13.3. The molecule has 88 valence electrons. The third-order valence-electron chi connectivity index (χ3n) is 1.86. The monoisotopic (exact) mass is 311 g/mol. The van der Waals surface area contributed by atoms with E-state index in [1.807, 2.05) is 0 Å². The van der Waals surface area contributed by atoms with Gasteiger partial charge in [0.05, 0.1) is 10.6 Å². The average molecular weight is 313 g/mol. The molecule has 1 unspecified atom stereocenters. The minimum Gasteiger partial charge on any atom is -0.349 e. The third-order valence-corrected chi connectivity index (χ3v) is 3.12. The zero-order chi connectivity index (χ0) is 12.3. The SMILES string of the molecule is CC(CBr)NC(=O)c1cc(F)c(Cl)cc1F. The molecular weight excluding hydrogens is 303 g/mol. The zero-order valence-corrected chi connectivity index (χ0v) is 10.7. The number of benzene rings is 1. The van der Waals surface area contributed by atoms with Gasteiger partial charge in [-0.1, -0.05) is 27.5 Å². The van der Waals surface area contributed by atoms with E-state index in [0.717, 1.165) is 12.1 Å². The largest absolute Gasteiger partial charge is 0.349 e. The predicted molar refractivity (Wildman–Crippen MR) is 62.1 cm³/mol. The quantitative estimate of drug-likeness (QED) is 0.674. The van der Waals surface area contributed by atoms with Gasteiger partial charge in [-0.2, -0.15) is 0 Å². The molecule has 0 aromatic heterocycles. The molecule has 1 rings (SSSR count). The van der Waals surface area contributed by atoms with Crippen LogP contribution in [-0.4, -0.2) is 17.3 Å². The number of rotatable bonds is 3. The van der Waals surface area contributed by atoms with Crippen LogP contribution in [0, 0.1) is 11.6 Å². The van der Waals surface area contributed by atoms with Crippen molar-refractivity contribution >= 4 is 33.4 Å². The van der Waals surface area contributed by atoms with Crippen molar-refractivity contribution < 1.29 is 13.6 Å².